The van der Waals surface area contributed by atoms with Gasteiger partial charge in [-0.2, -0.15) is 0 Å². The van der Waals surface area contributed by atoms with Crippen LogP contribution in [0.2, 0.25) is 0 Å². The molecule has 1 atom stereocenters. The Hall–Kier alpha value is -2.87. The summed E-state index contributed by atoms with van der Waals surface area (Å²) in [6.07, 6.45) is 0.445. The van der Waals surface area contributed by atoms with Gasteiger partial charge in [0.25, 0.3) is 6.47 Å². The molecule has 0 spiro atoms. The molecule has 0 saturated heterocycles. The number of nitrogens with one attached hydrogen (secondary N) is 1. The zero-order chi connectivity index (χ0) is 19.5. The highest BCUT2D eigenvalue weighted by molar-refractivity contribution is 5.76. The van der Waals surface area contributed by atoms with Crippen LogP contribution in [0.3, 0.4) is 0 Å². The molecule has 1 aromatic carbocycles. The predicted molar refractivity (Wildman–Crippen MR) is 96.8 cm³/mol. The number of hydrogen-bond donors (Lipinski definition) is 2. The van der Waals surface area contributed by atoms with Gasteiger partial charge in [-0.05, 0) is 33.2 Å². The minimum absolute atomic E-state index is 0.0126. The first-order chi connectivity index (χ1) is 12.4. The van der Waals surface area contributed by atoms with E-state index in [1.807, 2.05) is 56.3 Å². The second-order valence-corrected chi connectivity index (χ2v) is 5.78. The van der Waals surface area contributed by atoms with Crippen LogP contribution in [0.15, 0.2) is 34.9 Å². The molecular formula is C18H25N3O5. The standard InChI is InChI=1S/C17H23N3O3.CH2O2/c1-12(20(2)3)9-17(21)18-11-13-10-15(19-23-13)14-7-5-6-8-16(14)22-4;2-1-3/h5-8,10,12H,9,11H2,1-4H3,(H,18,21);1H,(H,2,3). The number of methoxy groups -OCH3 is 1. The lowest BCUT2D eigenvalue weighted by atomic mass is 10.1. The zero-order valence-corrected chi connectivity index (χ0v) is 15.4. The van der Waals surface area contributed by atoms with Gasteiger partial charge in [-0.3, -0.25) is 9.59 Å². The summed E-state index contributed by atoms with van der Waals surface area (Å²) in [5.74, 6) is 1.33. The van der Waals surface area contributed by atoms with E-state index in [1.54, 1.807) is 7.11 Å². The van der Waals surface area contributed by atoms with Crippen molar-refractivity contribution in [2.75, 3.05) is 21.2 Å². The summed E-state index contributed by atoms with van der Waals surface area (Å²) in [6.45, 7) is 2.08. The number of ether oxygens (including phenoxy) is 1. The highest BCUT2D eigenvalue weighted by atomic mass is 16.5. The van der Waals surface area contributed by atoms with E-state index in [2.05, 4.69) is 10.5 Å². The molecule has 0 aliphatic heterocycles. The van der Waals surface area contributed by atoms with Gasteiger partial charge in [-0.15, -0.1) is 0 Å². The largest absolute Gasteiger partial charge is 0.496 e. The molecule has 142 valence electrons. The SMILES string of the molecule is COc1ccccc1-c1cc(CNC(=O)CC(C)N(C)C)on1.O=CO. The average Bonchev–Trinajstić information content (AvgIpc) is 3.09. The fourth-order valence-corrected chi connectivity index (χ4v) is 2.09. The number of carboxylic acid groups (broad SMARTS) is 1. The van der Waals surface area contributed by atoms with Gasteiger partial charge >= 0.3 is 0 Å². The maximum atomic E-state index is 11.9. The van der Waals surface area contributed by atoms with Crippen molar-refractivity contribution < 1.29 is 24.0 Å². The van der Waals surface area contributed by atoms with Crippen molar-refractivity contribution in [3.05, 3.63) is 36.1 Å². The van der Waals surface area contributed by atoms with E-state index < -0.39 is 0 Å². The fraction of sp³-hybridized carbons (Fsp3) is 0.389. The second kappa shape index (κ2) is 10.9. The number of carbonyl (C=O) groups is 2. The van der Waals surface area contributed by atoms with Gasteiger partial charge in [-0.1, -0.05) is 17.3 Å². The number of carbonyl (C=O) groups excluding carboxylic acids is 1. The maximum Gasteiger partial charge on any atom is 0.290 e. The van der Waals surface area contributed by atoms with Crippen LogP contribution in [0.4, 0.5) is 0 Å². The lowest BCUT2D eigenvalue weighted by Crippen LogP contribution is -2.32. The molecule has 8 nitrogen and oxygen atoms in total. The van der Waals surface area contributed by atoms with Gasteiger partial charge in [0.05, 0.1) is 13.7 Å². The molecule has 2 aromatic rings. The van der Waals surface area contributed by atoms with Crippen LogP contribution in [-0.2, 0) is 16.1 Å². The Morgan fingerprint density at radius 3 is 2.69 bits per heavy atom. The van der Waals surface area contributed by atoms with Gasteiger partial charge in [0.2, 0.25) is 5.91 Å². The number of amides is 1. The first kappa shape index (κ1) is 21.2. The molecule has 0 saturated carbocycles. The highest BCUT2D eigenvalue weighted by Crippen LogP contribution is 2.28. The Morgan fingerprint density at radius 2 is 2.08 bits per heavy atom. The molecule has 0 fully saturated rings. The van der Waals surface area contributed by atoms with Crippen molar-refractivity contribution >= 4 is 12.4 Å². The molecule has 1 amide bonds. The van der Waals surface area contributed by atoms with E-state index in [0.717, 1.165) is 11.3 Å². The molecule has 0 aliphatic rings. The first-order valence-electron chi connectivity index (χ1n) is 8.02. The van der Waals surface area contributed by atoms with Crippen molar-refractivity contribution in [2.24, 2.45) is 0 Å². The lowest BCUT2D eigenvalue weighted by molar-refractivity contribution is -0.123. The monoisotopic (exact) mass is 363 g/mol. The third-order valence-corrected chi connectivity index (χ3v) is 3.76. The molecule has 2 N–H and O–H groups in total. The smallest absolute Gasteiger partial charge is 0.290 e. The van der Waals surface area contributed by atoms with Gasteiger partial charge < -0.3 is 24.6 Å². The third-order valence-electron chi connectivity index (χ3n) is 3.76. The van der Waals surface area contributed by atoms with Gasteiger partial charge in [-0.25, -0.2) is 0 Å². The summed E-state index contributed by atoms with van der Waals surface area (Å²) in [6, 6.07) is 9.60. The summed E-state index contributed by atoms with van der Waals surface area (Å²) >= 11 is 0. The number of rotatable bonds is 7. The van der Waals surface area contributed by atoms with Crippen LogP contribution in [0.1, 0.15) is 19.1 Å². The van der Waals surface area contributed by atoms with Gasteiger partial charge in [0, 0.05) is 24.1 Å². The molecule has 0 radical (unpaired) electrons. The summed E-state index contributed by atoms with van der Waals surface area (Å²) in [5.41, 5.74) is 1.55. The predicted octanol–water partition coefficient (Wildman–Crippen LogP) is 2.01. The Bertz CT molecular complexity index is 700. The summed E-state index contributed by atoms with van der Waals surface area (Å²) in [7, 11) is 5.52. The number of aromatic nitrogens is 1. The molecule has 1 heterocycles. The zero-order valence-electron chi connectivity index (χ0n) is 15.4. The Kier molecular flexibility index (Phi) is 8.86. The second-order valence-electron chi connectivity index (χ2n) is 5.78. The quantitative estimate of drug-likeness (QED) is 0.725. The van der Waals surface area contributed by atoms with Crippen LogP contribution >= 0.6 is 0 Å². The third kappa shape index (κ3) is 6.56. The molecule has 26 heavy (non-hydrogen) atoms. The van der Waals surface area contributed by atoms with Crippen LogP contribution in [0.25, 0.3) is 11.3 Å². The normalized spacial score (nSPS) is 11.3. The van der Waals surface area contributed by atoms with Crippen LogP contribution in [-0.4, -0.2) is 54.8 Å². The van der Waals surface area contributed by atoms with Crippen molar-refractivity contribution in [2.45, 2.75) is 25.9 Å². The molecule has 1 aromatic heterocycles. The van der Waals surface area contributed by atoms with Gasteiger partial charge in [0.1, 0.15) is 11.4 Å². The Balaban J connectivity index is 0.00000105. The minimum Gasteiger partial charge on any atom is -0.496 e. The van der Waals surface area contributed by atoms with E-state index in [-0.39, 0.29) is 18.4 Å². The van der Waals surface area contributed by atoms with Crippen LogP contribution < -0.4 is 10.1 Å². The van der Waals surface area contributed by atoms with E-state index >= 15 is 0 Å². The summed E-state index contributed by atoms with van der Waals surface area (Å²) in [5, 5.41) is 13.8. The molecular weight excluding hydrogens is 338 g/mol. The van der Waals surface area contributed by atoms with Crippen LogP contribution in [0, 0.1) is 0 Å². The molecule has 2 rings (SSSR count). The van der Waals surface area contributed by atoms with E-state index in [4.69, 9.17) is 19.2 Å². The molecule has 1 unspecified atom stereocenters. The number of para-hydroxylation sites is 1. The van der Waals surface area contributed by atoms with Gasteiger partial charge in [0.15, 0.2) is 5.76 Å². The van der Waals surface area contributed by atoms with Crippen molar-refractivity contribution in [3.8, 4) is 17.0 Å². The lowest BCUT2D eigenvalue weighted by Gasteiger charge is -2.18. The first-order valence-corrected chi connectivity index (χ1v) is 8.02. The molecule has 0 aliphatic carbocycles. The molecule has 8 heteroatoms. The van der Waals surface area contributed by atoms with Crippen LogP contribution in [0.5, 0.6) is 5.75 Å². The number of benzene rings is 1. The number of nitrogens with zero attached hydrogens (tertiary/aromatic N) is 2. The number of hydrogen-bond acceptors (Lipinski definition) is 6. The van der Waals surface area contributed by atoms with E-state index in [0.29, 0.717) is 24.4 Å². The molecule has 0 bridgehead atoms. The Morgan fingerprint density at radius 1 is 1.42 bits per heavy atom. The fourth-order valence-electron chi connectivity index (χ4n) is 2.09. The van der Waals surface area contributed by atoms with E-state index in [1.165, 1.54) is 0 Å². The summed E-state index contributed by atoms with van der Waals surface area (Å²) in [4.78, 5) is 22.3. The maximum absolute atomic E-state index is 11.9. The minimum atomic E-state index is -0.250. The highest BCUT2D eigenvalue weighted by Gasteiger charge is 2.13. The Labute approximate surface area is 152 Å². The van der Waals surface area contributed by atoms with Crippen molar-refractivity contribution in [1.82, 2.24) is 15.4 Å². The van der Waals surface area contributed by atoms with Crippen molar-refractivity contribution in [1.29, 1.82) is 0 Å². The average molecular weight is 363 g/mol. The van der Waals surface area contributed by atoms with Crippen molar-refractivity contribution in [3.63, 3.8) is 0 Å². The topological polar surface area (TPSA) is 105 Å². The summed E-state index contributed by atoms with van der Waals surface area (Å²) < 4.78 is 10.6. The van der Waals surface area contributed by atoms with E-state index in [9.17, 15) is 4.79 Å².